The smallest absolute Gasteiger partial charge is 0.132 e. The van der Waals surface area contributed by atoms with Gasteiger partial charge in [-0.25, -0.2) is 13.2 Å². The summed E-state index contributed by atoms with van der Waals surface area (Å²) in [6.45, 7) is 5.54. The van der Waals surface area contributed by atoms with Gasteiger partial charge in [-0.15, -0.1) is 0 Å². The molecule has 1 rings (SSSR count). The lowest BCUT2D eigenvalue weighted by Gasteiger charge is -2.18. The minimum atomic E-state index is -1.14. The van der Waals surface area contributed by atoms with E-state index in [1.807, 2.05) is 0 Å². The first-order valence-electron chi connectivity index (χ1n) is 7.20. The van der Waals surface area contributed by atoms with Gasteiger partial charge in [-0.3, -0.25) is 0 Å². The molecule has 7 heteroatoms. The third kappa shape index (κ3) is 4.71. The lowest BCUT2D eigenvalue weighted by atomic mass is 9.92. The van der Waals surface area contributed by atoms with Gasteiger partial charge in [-0.1, -0.05) is 32.0 Å². The van der Waals surface area contributed by atoms with E-state index >= 15 is 0 Å². The summed E-state index contributed by atoms with van der Waals surface area (Å²) in [5.41, 5.74) is 0.921. The Bertz CT molecular complexity index is 694. The van der Waals surface area contributed by atoms with E-state index in [4.69, 9.17) is 11.6 Å². The van der Waals surface area contributed by atoms with Crippen LogP contribution < -0.4 is 5.32 Å². The Morgan fingerprint density at radius 2 is 1.96 bits per heavy atom. The van der Waals surface area contributed by atoms with E-state index < -0.39 is 18.3 Å². The number of nitrogens with zero attached hydrogens (tertiary/aromatic N) is 2. The molecule has 0 saturated carbocycles. The fourth-order valence-corrected chi connectivity index (χ4v) is 2.59. The summed E-state index contributed by atoms with van der Waals surface area (Å²) in [5, 5.41) is 10.5. The Labute approximate surface area is 144 Å². The van der Waals surface area contributed by atoms with Crippen LogP contribution >= 0.6 is 11.6 Å². The summed E-state index contributed by atoms with van der Waals surface area (Å²) in [5.74, 6) is -2.25. The van der Waals surface area contributed by atoms with E-state index in [-0.39, 0.29) is 22.1 Å². The molecule has 0 saturated heterocycles. The zero-order valence-corrected chi connectivity index (χ0v) is 14.5. The van der Waals surface area contributed by atoms with Gasteiger partial charge in [-0.05, 0) is 17.6 Å². The van der Waals surface area contributed by atoms with Crippen molar-refractivity contribution in [2.24, 2.45) is 5.92 Å². The van der Waals surface area contributed by atoms with Crippen LogP contribution in [0, 0.1) is 5.92 Å². The van der Waals surface area contributed by atoms with Crippen LogP contribution in [0.2, 0.25) is 0 Å². The standard InChI is InChI=1S/C17H19ClF3N3/c1-5-11(20)6-14(21)12(7-19)16(10(2)3)17(18)13-8-23-24-9-15(13)22-4/h5-6,8-10H,1,7H2,2-4H3,(H,22,23)/b11-6+,14-12-,17-16-. The van der Waals surface area contributed by atoms with Gasteiger partial charge in [0.2, 0.25) is 0 Å². The molecule has 0 bridgehead atoms. The molecule has 0 aromatic carbocycles. The van der Waals surface area contributed by atoms with Crippen LogP contribution in [-0.4, -0.2) is 23.9 Å². The van der Waals surface area contributed by atoms with E-state index in [1.165, 1.54) is 12.4 Å². The predicted molar refractivity (Wildman–Crippen MR) is 92.7 cm³/mol. The van der Waals surface area contributed by atoms with Crippen molar-refractivity contribution in [3.63, 3.8) is 0 Å². The molecule has 0 spiro atoms. The van der Waals surface area contributed by atoms with Gasteiger partial charge in [0.25, 0.3) is 0 Å². The highest BCUT2D eigenvalue weighted by Crippen LogP contribution is 2.37. The number of hydrogen-bond acceptors (Lipinski definition) is 3. The molecule has 0 fully saturated rings. The van der Waals surface area contributed by atoms with Gasteiger partial charge in [0.15, 0.2) is 0 Å². The Hall–Kier alpha value is -2.08. The third-order valence-corrected chi connectivity index (χ3v) is 3.66. The van der Waals surface area contributed by atoms with E-state index in [0.717, 1.165) is 6.08 Å². The molecule has 0 aliphatic carbocycles. The maximum absolute atomic E-state index is 14.3. The van der Waals surface area contributed by atoms with Crippen molar-refractivity contribution < 1.29 is 13.2 Å². The molecule has 0 unspecified atom stereocenters. The highest BCUT2D eigenvalue weighted by atomic mass is 35.5. The van der Waals surface area contributed by atoms with Gasteiger partial charge in [0, 0.05) is 24.3 Å². The van der Waals surface area contributed by atoms with E-state index in [0.29, 0.717) is 17.3 Å². The van der Waals surface area contributed by atoms with E-state index in [2.05, 4.69) is 22.1 Å². The summed E-state index contributed by atoms with van der Waals surface area (Å²) < 4.78 is 41.1. The highest BCUT2D eigenvalue weighted by Gasteiger charge is 2.21. The van der Waals surface area contributed by atoms with Crippen molar-refractivity contribution in [2.45, 2.75) is 13.8 Å². The molecule has 1 N–H and O–H groups in total. The topological polar surface area (TPSA) is 37.8 Å². The maximum Gasteiger partial charge on any atom is 0.132 e. The molecule has 1 heterocycles. The van der Waals surface area contributed by atoms with Crippen molar-refractivity contribution in [2.75, 3.05) is 19.0 Å². The SMILES string of the molecule is C=C\C(F)=C/C(F)=C(CF)/C(=C(\Cl)c1cnncc1NC)C(C)C. The predicted octanol–water partition coefficient (Wildman–Crippen LogP) is 5.36. The largest absolute Gasteiger partial charge is 0.386 e. The number of halogens is 4. The van der Waals surface area contributed by atoms with Crippen LogP contribution in [0.1, 0.15) is 19.4 Å². The number of rotatable bonds is 7. The van der Waals surface area contributed by atoms with E-state index in [1.54, 1.807) is 20.9 Å². The first-order valence-corrected chi connectivity index (χ1v) is 7.58. The van der Waals surface area contributed by atoms with Crippen LogP contribution in [0.15, 0.2) is 53.9 Å². The van der Waals surface area contributed by atoms with Gasteiger partial charge < -0.3 is 5.32 Å². The molecule has 0 radical (unpaired) electrons. The summed E-state index contributed by atoms with van der Waals surface area (Å²) in [7, 11) is 1.66. The Kier molecular flexibility index (Phi) is 7.71. The number of aromatic nitrogens is 2. The van der Waals surface area contributed by atoms with Crippen molar-refractivity contribution >= 4 is 22.3 Å². The minimum absolute atomic E-state index is 0.125. The lowest BCUT2D eigenvalue weighted by molar-refractivity contribution is 0.519. The van der Waals surface area contributed by atoms with Crippen LogP contribution in [0.5, 0.6) is 0 Å². The van der Waals surface area contributed by atoms with Crippen molar-refractivity contribution in [3.8, 4) is 0 Å². The second-order valence-corrected chi connectivity index (χ2v) is 5.52. The number of allylic oxidation sites excluding steroid dienone is 6. The Morgan fingerprint density at radius 3 is 2.46 bits per heavy atom. The third-order valence-electron chi connectivity index (χ3n) is 3.26. The molecule has 0 aliphatic heterocycles. The first kappa shape index (κ1) is 20.0. The fraction of sp³-hybridized carbons (Fsp3) is 0.294. The molecule has 3 nitrogen and oxygen atoms in total. The molecule has 130 valence electrons. The van der Waals surface area contributed by atoms with Crippen LogP contribution in [0.25, 0.3) is 5.03 Å². The van der Waals surface area contributed by atoms with Gasteiger partial charge in [0.05, 0.1) is 23.1 Å². The molecule has 24 heavy (non-hydrogen) atoms. The van der Waals surface area contributed by atoms with Crippen LogP contribution in [-0.2, 0) is 0 Å². The zero-order chi connectivity index (χ0) is 18.3. The maximum atomic E-state index is 14.3. The Balaban J connectivity index is 3.66. The van der Waals surface area contributed by atoms with Crippen molar-refractivity contribution in [3.05, 3.63) is 59.5 Å². The van der Waals surface area contributed by atoms with Crippen molar-refractivity contribution in [1.82, 2.24) is 10.2 Å². The van der Waals surface area contributed by atoms with Crippen molar-refractivity contribution in [1.29, 1.82) is 0 Å². The monoisotopic (exact) mass is 357 g/mol. The molecule has 1 aromatic rings. The summed E-state index contributed by atoms with van der Waals surface area (Å²) in [6, 6.07) is 0. The number of anilines is 1. The number of nitrogens with one attached hydrogen (secondary N) is 1. The fourth-order valence-electron chi connectivity index (χ4n) is 2.11. The summed E-state index contributed by atoms with van der Waals surface area (Å²) in [4.78, 5) is 0. The lowest BCUT2D eigenvalue weighted by Crippen LogP contribution is -2.06. The second-order valence-electron chi connectivity index (χ2n) is 5.14. The zero-order valence-electron chi connectivity index (χ0n) is 13.7. The number of hydrogen-bond donors (Lipinski definition) is 1. The average Bonchev–Trinajstić information content (AvgIpc) is 2.58. The van der Waals surface area contributed by atoms with Gasteiger partial charge in [-0.2, -0.15) is 10.2 Å². The molecule has 1 aromatic heterocycles. The minimum Gasteiger partial charge on any atom is -0.386 e. The quantitative estimate of drug-likeness (QED) is 0.668. The van der Waals surface area contributed by atoms with Gasteiger partial charge in [0.1, 0.15) is 18.3 Å². The normalized spacial score (nSPS) is 14.2. The molecular formula is C17H19ClF3N3. The second kappa shape index (κ2) is 9.27. The number of alkyl halides is 1. The average molecular weight is 358 g/mol. The van der Waals surface area contributed by atoms with E-state index in [9.17, 15) is 13.2 Å². The molecular weight excluding hydrogens is 339 g/mol. The van der Waals surface area contributed by atoms with Crippen LogP contribution in [0.4, 0.5) is 18.9 Å². The first-order chi connectivity index (χ1) is 11.4. The van der Waals surface area contributed by atoms with Gasteiger partial charge >= 0.3 is 0 Å². The van der Waals surface area contributed by atoms with Crippen LogP contribution in [0.3, 0.4) is 0 Å². The molecule has 0 atom stereocenters. The summed E-state index contributed by atoms with van der Waals surface area (Å²) >= 11 is 6.41. The highest BCUT2D eigenvalue weighted by molar-refractivity contribution is 6.50. The Morgan fingerprint density at radius 1 is 1.33 bits per heavy atom. The molecule has 0 aliphatic rings. The molecule has 0 amide bonds. The summed E-state index contributed by atoms with van der Waals surface area (Å²) in [6.07, 6.45) is 4.26.